The van der Waals surface area contributed by atoms with Crippen molar-refractivity contribution in [1.82, 2.24) is 0 Å². The van der Waals surface area contributed by atoms with Gasteiger partial charge in [-0.05, 0) is 47.9 Å². The van der Waals surface area contributed by atoms with Crippen LogP contribution < -0.4 is 19.5 Å². The standard InChI is InChI=1S/C21H22N2O4/c1-5-27-18-11-16(10-17(13-18)25-3)19(8-9-22)15-6-7-21(26-4)20(12-15)23-14(2)24/h6-8,10-13H,5H2,1-4H3,(H,23,24)/b19-8+. The minimum Gasteiger partial charge on any atom is -0.497 e. The van der Waals surface area contributed by atoms with Crippen molar-refractivity contribution in [3.8, 4) is 23.3 Å². The molecule has 0 fully saturated rings. The first-order valence-electron chi connectivity index (χ1n) is 8.40. The van der Waals surface area contributed by atoms with Crippen LogP contribution in [0.25, 0.3) is 5.57 Å². The van der Waals surface area contributed by atoms with Gasteiger partial charge in [-0.1, -0.05) is 6.07 Å². The molecule has 0 saturated carbocycles. The van der Waals surface area contributed by atoms with Crippen molar-refractivity contribution in [1.29, 1.82) is 5.26 Å². The Labute approximate surface area is 159 Å². The lowest BCUT2D eigenvalue weighted by molar-refractivity contribution is -0.114. The Kier molecular flexibility index (Phi) is 6.84. The Hall–Kier alpha value is -3.46. The van der Waals surface area contributed by atoms with Gasteiger partial charge in [0.1, 0.15) is 17.2 Å². The molecule has 2 aromatic rings. The summed E-state index contributed by atoms with van der Waals surface area (Å²) < 4.78 is 16.2. The maximum Gasteiger partial charge on any atom is 0.221 e. The van der Waals surface area contributed by atoms with Gasteiger partial charge in [-0.2, -0.15) is 5.26 Å². The van der Waals surface area contributed by atoms with Crippen LogP contribution in [0.15, 0.2) is 42.5 Å². The molecule has 0 bridgehead atoms. The number of nitriles is 1. The van der Waals surface area contributed by atoms with Gasteiger partial charge < -0.3 is 19.5 Å². The fourth-order valence-electron chi connectivity index (χ4n) is 2.66. The average Bonchev–Trinajstić information content (AvgIpc) is 2.65. The van der Waals surface area contributed by atoms with E-state index in [0.717, 1.165) is 11.1 Å². The van der Waals surface area contributed by atoms with E-state index in [0.29, 0.717) is 35.1 Å². The normalized spacial score (nSPS) is 10.7. The predicted octanol–water partition coefficient (Wildman–Crippen LogP) is 4.02. The van der Waals surface area contributed by atoms with E-state index in [4.69, 9.17) is 14.2 Å². The van der Waals surface area contributed by atoms with Crippen molar-refractivity contribution in [3.63, 3.8) is 0 Å². The summed E-state index contributed by atoms with van der Waals surface area (Å²) in [6.45, 7) is 3.84. The molecule has 0 spiro atoms. The fourth-order valence-corrected chi connectivity index (χ4v) is 2.66. The maximum atomic E-state index is 11.5. The highest BCUT2D eigenvalue weighted by Gasteiger charge is 2.13. The van der Waals surface area contributed by atoms with Crippen LogP contribution in [0.4, 0.5) is 5.69 Å². The number of benzene rings is 2. The van der Waals surface area contributed by atoms with E-state index in [1.54, 1.807) is 25.3 Å². The van der Waals surface area contributed by atoms with Crippen LogP contribution in [0.5, 0.6) is 17.2 Å². The molecule has 2 rings (SSSR count). The van der Waals surface area contributed by atoms with E-state index in [2.05, 4.69) is 11.4 Å². The second-order valence-electron chi connectivity index (χ2n) is 5.61. The highest BCUT2D eigenvalue weighted by atomic mass is 16.5. The summed E-state index contributed by atoms with van der Waals surface area (Å²) in [5.74, 6) is 1.59. The van der Waals surface area contributed by atoms with Crippen molar-refractivity contribution in [2.75, 3.05) is 26.1 Å². The van der Waals surface area contributed by atoms with Crippen molar-refractivity contribution in [3.05, 3.63) is 53.6 Å². The van der Waals surface area contributed by atoms with Crippen LogP contribution >= 0.6 is 0 Å². The van der Waals surface area contributed by atoms with E-state index in [1.165, 1.54) is 20.1 Å². The molecule has 0 saturated heterocycles. The number of allylic oxidation sites excluding steroid dienone is 1. The Balaban J connectivity index is 2.59. The van der Waals surface area contributed by atoms with Crippen LogP contribution in [0, 0.1) is 11.3 Å². The van der Waals surface area contributed by atoms with Gasteiger partial charge in [0.15, 0.2) is 0 Å². The Morgan fingerprint density at radius 3 is 2.44 bits per heavy atom. The third kappa shape index (κ3) is 5.02. The van der Waals surface area contributed by atoms with E-state index in [-0.39, 0.29) is 5.91 Å². The quantitative estimate of drug-likeness (QED) is 0.749. The number of nitrogens with zero attached hydrogens (tertiary/aromatic N) is 1. The molecule has 0 heterocycles. The van der Waals surface area contributed by atoms with Crippen molar-refractivity contribution in [2.24, 2.45) is 0 Å². The second-order valence-corrected chi connectivity index (χ2v) is 5.61. The van der Waals surface area contributed by atoms with Gasteiger partial charge in [0.2, 0.25) is 5.91 Å². The molecule has 0 radical (unpaired) electrons. The van der Waals surface area contributed by atoms with Gasteiger partial charge in [-0.3, -0.25) is 4.79 Å². The Morgan fingerprint density at radius 1 is 1.11 bits per heavy atom. The topological polar surface area (TPSA) is 80.6 Å². The molecular formula is C21H22N2O4. The molecule has 0 unspecified atom stereocenters. The smallest absolute Gasteiger partial charge is 0.221 e. The van der Waals surface area contributed by atoms with Crippen LogP contribution in [-0.4, -0.2) is 26.7 Å². The molecule has 27 heavy (non-hydrogen) atoms. The van der Waals surface area contributed by atoms with Crippen molar-refractivity contribution in [2.45, 2.75) is 13.8 Å². The first-order valence-corrected chi connectivity index (χ1v) is 8.40. The summed E-state index contributed by atoms with van der Waals surface area (Å²) in [4.78, 5) is 11.5. The van der Waals surface area contributed by atoms with Crippen LogP contribution in [0.3, 0.4) is 0 Å². The SMILES string of the molecule is CCOc1cc(OC)cc(/C(=C/C#N)c2ccc(OC)c(NC(C)=O)c2)c1. The number of rotatable bonds is 7. The first-order chi connectivity index (χ1) is 13.0. The molecule has 1 N–H and O–H groups in total. The van der Waals surface area contributed by atoms with E-state index in [9.17, 15) is 10.1 Å². The summed E-state index contributed by atoms with van der Waals surface area (Å²) in [6, 6.07) is 12.9. The largest absolute Gasteiger partial charge is 0.497 e. The molecule has 0 atom stereocenters. The number of hydrogen-bond donors (Lipinski definition) is 1. The minimum atomic E-state index is -0.212. The Bertz CT molecular complexity index is 898. The summed E-state index contributed by atoms with van der Waals surface area (Å²) >= 11 is 0. The van der Waals surface area contributed by atoms with Crippen LogP contribution in [0.1, 0.15) is 25.0 Å². The van der Waals surface area contributed by atoms with E-state index >= 15 is 0 Å². The average molecular weight is 366 g/mol. The molecule has 2 aromatic carbocycles. The zero-order valence-corrected chi connectivity index (χ0v) is 15.8. The molecular weight excluding hydrogens is 344 g/mol. The first kappa shape index (κ1) is 19.9. The number of anilines is 1. The van der Waals surface area contributed by atoms with Gasteiger partial charge >= 0.3 is 0 Å². The van der Waals surface area contributed by atoms with Crippen molar-refractivity contribution < 1.29 is 19.0 Å². The second kappa shape index (κ2) is 9.30. The molecule has 1 amide bonds. The van der Waals surface area contributed by atoms with Crippen LogP contribution in [0.2, 0.25) is 0 Å². The molecule has 0 aliphatic heterocycles. The van der Waals surface area contributed by atoms with Gasteiger partial charge in [0.05, 0.1) is 32.6 Å². The molecule has 6 heteroatoms. The summed E-state index contributed by atoms with van der Waals surface area (Å²) in [5, 5.41) is 12.0. The third-order valence-corrected chi connectivity index (χ3v) is 3.77. The summed E-state index contributed by atoms with van der Waals surface area (Å²) in [7, 11) is 3.10. The molecule has 0 aliphatic rings. The lowest BCUT2D eigenvalue weighted by Gasteiger charge is -2.15. The molecule has 0 aromatic heterocycles. The van der Waals surface area contributed by atoms with E-state index in [1.807, 2.05) is 25.1 Å². The summed E-state index contributed by atoms with van der Waals surface area (Å²) in [5.41, 5.74) is 2.71. The molecule has 140 valence electrons. The number of amides is 1. The lowest BCUT2D eigenvalue weighted by atomic mass is 9.96. The molecule has 0 aliphatic carbocycles. The third-order valence-electron chi connectivity index (χ3n) is 3.77. The zero-order chi connectivity index (χ0) is 19.8. The van der Waals surface area contributed by atoms with Gasteiger partial charge in [0, 0.05) is 19.1 Å². The lowest BCUT2D eigenvalue weighted by Crippen LogP contribution is -2.07. The molecule has 6 nitrogen and oxygen atoms in total. The Morgan fingerprint density at radius 2 is 1.85 bits per heavy atom. The van der Waals surface area contributed by atoms with Gasteiger partial charge in [0.25, 0.3) is 0 Å². The maximum absolute atomic E-state index is 11.5. The highest BCUT2D eigenvalue weighted by molar-refractivity contribution is 5.92. The monoisotopic (exact) mass is 366 g/mol. The zero-order valence-electron chi connectivity index (χ0n) is 15.8. The van der Waals surface area contributed by atoms with Gasteiger partial charge in [-0.15, -0.1) is 0 Å². The number of nitrogens with one attached hydrogen (secondary N) is 1. The predicted molar refractivity (Wildman–Crippen MR) is 104 cm³/mol. The van der Waals surface area contributed by atoms with Crippen LogP contribution in [-0.2, 0) is 4.79 Å². The fraction of sp³-hybridized carbons (Fsp3) is 0.238. The number of hydrogen-bond acceptors (Lipinski definition) is 5. The van der Waals surface area contributed by atoms with Crippen molar-refractivity contribution >= 4 is 17.2 Å². The number of carbonyl (C=O) groups is 1. The highest BCUT2D eigenvalue weighted by Crippen LogP contribution is 2.34. The number of carbonyl (C=O) groups excluding carboxylic acids is 1. The number of methoxy groups -OCH3 is 2. The minimum absolute atomic E-state index is 0.212. The van der Waals surface area contributed by atoms with E-state index < -0.39 is 0 Å². The summed E-state index contributed by atoms with van der Waals surface area (Å²) in [6.07, 6.45) is 1.45. The van der Waals surface area contributed by atoms with Gasteiger partial charge in [-0.25, -0.2) is 0 Å². The number of ether oxygens (including phenoxy) is 3.